The minimum absolute atomic E-state index is 0.139. The van der Waals surface area contributed by atoms with Gasteiger partial charge in [0.2, 0.25) is 10.0 Å². The Labute approximate surface area is 117 Å². The van der Waals surface area contributed by atoms with Gasteiger partial charge in [0.05, 0.1) is 0 Å². The largest absolute Gasteiger partial charge is 0.394 e. The fraction of sp³-hybridized carbons (Fsp3) is 0.538. The van der Waals surface area contributed by atoms with E-state index in [1.807, 2.05) is 0 Å². The van der Waals surface area contributed by atoms with Crippen LogP contribution in [-0.2, 0) is 10.0 Å². The highest BCUT2D eigenvalue weighted by Crippen LogP contribution is 2.29. The number of nitrogens with zero attached hydrogens (tertiary/aromatic N) is 1. The van der Waals surface area contributed by atoms with E-state index in [2.05, 4.69) is 0 Å². The van der Waals surface area contributed by atoms with Crippen molar-refractivity contribution in [3.8, 4) is 0 Å². The fourth-order valence-corrected chi connectivity index (χ4v) is 4.03. The molecule has 1 aliphatic rings. The first-order valence-electron chi connectivity index (χ1n) is 6.57. The molecule has 1 aromatic carbocycles. The fourth-order valence-electron chi connectivity index (χ4n) is 2.54. The van der Waals surface area contributed by atoms with Gasteiger partial charge in [-0.1, -0.05) is 19.3 Å². The van der Waals surface area contributed by atoms with Crippen molar-refractivity contribution < 1.29 is 17.2 Å². The standard InChI is InChI=1S/C13H18F2N2O2S/c1-17(9-5-3-2-4-6-9)20(18,19)11-8-7-10(14)13(16)12(11)15/h7-9H,2-6,16H2,1H3. The lowest BCUT2D eigenvalue weighted by Crippen LogP contribution is -2.38. The van der Waals surface area contributed by atoms with Crippen molar-refractivity contribution in [1.29, 1.82) is 0 Å². The zero-order valence-corrected chi connectivity index (χ0v) is 12.1. The monoisotopic (exact) mass is 304 g/mol. The normalized spacial score (nSPS) is 17.6. The number of nitrogen functional groups attached to an aromatic ring is 1. The molecule has 20 heavy (non-hydrogen) atoms. The first-order valence-corrected chi connectivity index (χ1v) is 8.01. The van der Waals surface area contributed by atoms with Gasteiger partial charge in [-0.05, 0) is 25.0 Å². The Balaban J connectivity index is 2.37. The maximum atomic E-state index is 13.9. The molecule has 1 aromatic rings. The summed E-state index contributed by atoms with van der Waals surface area (Å²) in [5.41, 5.74) is 4.46. The van der Waals surface area contributed by atoms with Crippen LogP contribution in [0.3, 0.4) is 0 Å². The van der Waals surface area contributed by atoms with E-state index in [-0.39, 0.29) is 6.04 Å². The molecule has 0 spiro atoms. The average Bonchev–Trinajstić information content (AvgIpc) is 2.44. The third kappa shape index (κ3) is 2.64. The zero-order chi connectivity index (χ0) is 14.9. The summed E-state index contributed by atoms with van der Waals surface area (Å²) in [5.74, 6) is -2.17. The molecule has 7 heteroatoms. The van der Waals surface area contributed by atoms with Crippen molar-refractivity contribution >= 4 is 15.7 Å². The molecule has 1 fully saturated rings. The summed E-state index contributed by atoms with van der Waals surface area (Å²) < 4.78 is 53.1. The third-order valence-electron chi connectivity index (χ3n) is 3.84. The van der Waals surface area contributed by atoms with E-state index in [1.165, 1.54) is 11.4 Å². The number of anilines is 1. The average molecular weight is 304 g/mol. The molecule has 0 amide bonds. The Kier molecular flexibility index (Phi) is 4.29. The summed E-state index contributed by atoms with van der Waals surface area (Å²) in [7, 11) is -2.56. The van der Waals surface area contributed by atoms with Crippen LogP contribution in [0.1, 0.15) is 32.1 Å². The van der Waals surface area contributed by atoms with E-state index in [4.69, 9.17) is 5.73 Å². The Morgan fingerprint density at radius 2 is 1.80 bits per heavy atom. The second kappa shape index (κ2) is 5.65. The quantitative estimate of drug-likeness (QED) is 0.873. The molecule has 1 saturated carbocycles. The smallest absolute Gasteiger partial charge is 0.246 e. The molecule has 4 nitrogen and oxygen atoms in total. The van der Waals surface area contributed by atoms with Crippen molar-refractivity contribution in [2.24, 2.45) is 0 Å². The predicted octanol–water partition coefficient (Wildman–Crippen LogP) is 2.50. The van der Waals surface area contributed by atoms with Gasteiger partial charge in [0.1, 0.15) is 16.4 Å². The molecule has 0 saturated heterocycles. The van der Waals surface area contributed by atoms with E-state index >= 15 is 0 Å². The second-order valence-corrected chi connectivity index (χ2v) is 7.05. The Hall–Kier alpha value is -1.21. The minimum Gasteiger partial charge on any atom is -0.394 e. The topological polar surface area (TPSA) is 63.4 Å². The molecular weight excluding hydrogens is 286 g/mol. The SMILES string of the molecule is CN(C1CCCCC1)S(=O)(=O)c1ccc(F)c(N)c1F. The molecule has 112 valence electrons. The maximum Gasteiger partial charge on any atom is 0.246 e. The van der Waals surface area contributed by atoms with Crippen LogP contribution in [-0.4, -0.2) is 25.8 Å². The maximum absolute atomic E-state index is 13.9. The van der Waals surface area contributed by atoms with Gasteiger partial charge in [0.15, 0.2) is 5.82 Å². The number of benzene rings is 1. The highest BCUT2D eigenvalue weighted by molar-refractivity contribution is 7.89. The lowest BCUT2D eigenvalue weighted by atomic mass is 9.96. The van der Waals surface area contributed by atoms with Gasteiger partial charge in [-0.15, -0.1) is 0 Å². The Morgan fingerprint density at radius 1 is 1.20 bits per heavy atom. The molecule has 0 unspecified atom stereocenters. The van der Waals surface area contributed by atoms with Crippen LogP contribution < -0.4 is 5.73 Å². The summed E-state index contributed by atoms with van der Waals surface area (Å²) >= 11 is 0. The second-order valence-electron chi connectivity index (χ2n) is 5.09. The lowest BCUT2D eigenvalue weighted by molar-refractivity contribution is 0.285. The van der Waals surface area contributed by atoms with Gasteiger partial charge in [0.25, 0.3) is 0 Å². The molecule has 0 aliphatic heterocycles. The van der Waals surface area contributed by atoms with Crippen LogP contribution in [0.2, 0.25) is 0 Å². The molecule has 0 heterocycles. The van der Waals surface area contributed by atoms with Crippen molar-refractivity contribution in [2.45, 2.75) is 43.0 Å². The number of rotatable bonds is 3. The molecule has 0 atom stereocenters. The first kappa shape index (κ1) is 15.2. The Bertz CT molecular complexity index is 599. The zero-order valence-electron chi connectivity index (χ0n) is 11.3. The van der Waals surface area contributed by atoms with Crippen molar-refractivity contribution in [3.63, 3.8) is 0 Å². The van der Waals surface area contributed by atoms with Crippen molar-refractivity contribution in [3.05, 3.63) is 23.8 Å². The number of halogens is 2. The predicted molar refractivity (Wildman–Crippen MR) is 72.6 cm³/mol. The van der Waals surface area contributed by atoms with Crippen LogP contribution in [0.15, 0.2) is 17.0 Å². The molecule has 1 aliphatic carbocycles. The van der Waals surface area contributed by atoms with E-state index in [0.717, 1.165) is 44.2 Å². The molecule has 2 N–H and O–H groups in total. The highest BCUT2D eigenvalue weighted by atomic mass is 32.2. The molecule has 0 aromatic heterocycles. The van der Waals surface area contributed by atoms with E-state index in [9.17, 15) is 17.2 Å². The van der Waals surface area contributed by atoms with Gasteiger partial charge in [-0.3, -0.25) is 0 Å². The lowest BCUT2D eigenvalue weighted by Gasteiger charge is -2.30. The summed E-state index contributed by atoms with van der Waals surface area (Å²) in [6.07, 6.45) is 4.52. The van der Waals surface area contributed by atoms with Crippen LogP contribution in [0.4, 0.5) is 14.5 Å². The van der Waals surface area contributed by atoms with Crippen LogP contribution >= 0.6 is 0 Å². The van der Waals surface area contributed by atoms with Gasteiger partial charge in [0, 0.05) is 13.1 Å². The van der Waals surface area contributed by atoms with E-state index < -0.39 is 32.2 Å². The molecule has 2 rings (SSSR count). The number of hydrogen-bond donors (Lipinski definition) is 1. The van der Waals surface area contributed by atoms with Crippen molar-refractivity contribution in [1.82, 2.24) is 4.31 Å². The number of sulfonamides is 1. The first-order chi connectivity index (χ1) is 9.35. The van der Waals surface area contributed by atoms with Gasteiger partial charge < -0.3 is 5.73 Å². The van der Waals surface area contributed by atoms with Gasteiger partial charge in [-0.25, -0.2) is 17.2 Å². The highest BCUT2D eigenvalue weighted by Gasteiger charge is 2.32. The summed E-state index contributed by atoms with van der Waals surface area (Å²) in [6, 6.07) is 1.66. The Morgan fingerprint density at radius 3 is 2.40 bits per heavy atom. The molecule has 0 radical (unpaired) electrons. The summed E-state index contributed by atoms with van der Waals surface area (Å²) in [6.45, 7) is 0. The van der Waals surface area contributed by atoms with E-state index in [0.29, 0.717) is 0 Å². The minimum atomic E-state index is -4.00. The summed E-state index contributed by atoms with van der Waals surface area (Å²) in [5, 5.41) is 0. The number of hydrogen-bond acceptors (Lipinski definition) is 3. The van der Waals surface area contributed by atoms with Crippen molar-refractivity contribution in [2.75, 3.05) is 12.8 Å². The number of nitrogens with two attached hydrogens (primary N) is 1. The third-order valence-corrected chi connectivity index (χ3v) is 5.76. The molecular formula is C13H18F2N2O2S. The molecule has 0 bridgehead atoms. The van der Waals surface area contributed by atoms with Gasteiger partial charge in [-0.2, -0.15) is 4.31 Å². The van der Waals surface area contributed by atoms with Crippen LogP contribution in [0, 0.1) is 11.6 Å². The van der Waals surface area contributed by atoms with Crippen LogP contribution in [0.25, 0.3) is 0 Å². The van der Waals surface area contributed by atoms with Crippen LogP contribution in [0.5, 0.6) is 0 Å². The van der Waals surface area contributed by atoms with Gasteiger partial charge >= 0.3 is 0 Å². The van der Waals surface area contributed by atoms with E-state index in [1.54, 1.807) is 0 Å². The summed E-state index contributed by atoms with van der Waals surface area (Å²) in [4.78, 5) is -0.565.